The lowest BCUT2D eigenvalue weighted by Crippen LogP contribution is -2.05. The molecule has 208 valence electrons. The molecule has 0 bridgehead atoms. The van der Waals surface area contributed by atoms with Crippen molar-refractivity contribution in [3.63, 3.8) is 0 Å². The third-order valence-corrected chi connectivity index (χ3v) is 8.98. The molecule has 0 fully saturated rings. The van der Waals surface area contributed by atoms with Crippen LogP contribution < -0.4 is 4.74 Å². The van der Waals surface area contributed by atoms with Gasteiger partial charge in [-0.25, -0.2) is 15.0 Å². The lowest BCUT2D eigenvalue weighted by Gasteiger charge is -2.16. The van der Waals surface area contributed by atoms with Crippen LogP contribution in [0, 0.1) is 5.92 Å². The number of aromatic hydroxyl groups is 1. The van der Waals surface area contributed by atoms with E-state index < -0.39 is 0 Å². The Balaban J connectivity index is 1.49. The van der Waals surface area contributed by atoms with Gasteiger partial charge >= 0.3 is 0 Å². The first-order valence-corrected chi connectivity index (χ1v) is 15.6. The summed E-state index contributed by atoms with van der Waals surface area (Å²) in [7, 11) is 0. The Kier molecular flexibility index (Phi) is 7.93. The van der Waals surface area contributed by atoms with E-state index in [1.165, 1.54) is 46.2 Å². The van der Waals surface area contributed by atoms with Crippen molar-refractivity contribution < 1.29 is 9.84 Å². The number of hydrogen-bond acceptors (Lipinski definition) is 6. The Hall–Kier alpha value is -3.90. The van der Waals surface area contributed by atoms with Crippen molar-refractivity contribution in [3.8, 4) is 34.3 Å². The number of hydrogen-bond donors (Lipinski definition) is 1. The van der Waals surface area contributed by atoms with Crippen LogP contribution in [0.15, 0.2) is 78.0 Å². The predicted octanol–water partition coefficient (Wildman–Crippen LogP) is 9.52. The van der Waals surface area contributed by atoms with Crippen LogP contribution in [-0.4, -0.2) is 32.4 Å². The largest absolute Gasteiger partial charge is 0.507 e. The fourth-order valence-electron chi connectivity index (χ4n) is 5.64. The van der Waals surface area contributed by atoms with E-state index in [0.717, 1.165) is 23.1 Å². The molecule has 0 saturated carbocycles. The maximum absolute atomic E-state index is 10.9. The second-order valence-electron chi connectivity index (χ2n) is 10.6. The van der Waals surface area contributed by atoms with E-state index in [1.807, 2.05) is 19.1 Å². The molecule has 1 atom stereocenters. The number of phenolic OH excluding ortho intramolecular Hbond substituents is 1. The fourth-order valence-corrected chi connectivity index (χ4v) is 6.73. The first-order valence-electron chi connectivity index (χ1n) is 14.6. The molecule has 1 unspecified atom stereocenters. The van der Waals surface area contributed by atoms with E-state index in [4.69, 9.17) is 19.7 Å². The van der Waals surface area contributed by atoms with Crippen LogP contribution in [0.1, 0.15) is 46.5 Å². The first-order chi connectivity index (χ1) is 20.1. The van der Waals surface area contributed by atoms with Gasteiger partial charge in [0.2, 0.25) is 0 Å². The fraction of sp³-hybridized carbons (Fsp3) is 0.286. The van der Waals surface area contributed by atoms with Crippen molar-refractivity contribution in [1.82, 2.24) is 15.0 Å². The van der Waals surface area contributed by atoms with Crippen LogP contribution >= 0.6 is 11.8 Å². The van der Waals surface area contributed by atoms with Gasteiger partial charge in [-0.3, -0.25) is 0 Å². The van der Waals surface area contributed by atoms with E-state index in [9.17, 15) is 5.11 Å². The van der Waals surface area contributed by atoms with E-state index >= 15 is 0 Å². The van der Waals surface area contributed by atoms with Crippen molar-refractivity contribution in [2.75, 3.05) is 12.4 Å². The Morgan fingerprint density at radius 1 is 0.780 bits per heavy atom. The molecule has 5 aromatic carbocycles. The number of nitrogens with zero attached hydrogens (tertiary/aromatic N) is 3. The number of rotatable bonds is 11. The minimum atomic E-state index is 0.0915. The summed E-state index contributed by atoms with van der Waals surface area (Å²) in [5.41, 5.74) is 1.53. The van der Waals surface area contributed by atoms with Gasteiger partial charge in [-0.2, -0.15) is 0 Å². The van der Waals surface area contributed by atoms with Crippen LogP contribution in [0.3, 0.4) is 0 Å². The highest BCUT2D eigenvalue weighted by Gasteiger charge is 2.19. The van der Waals surface area contributed by atoms with Crippen molar-refractivity contribution in [1.29, 1.82) is 0 Å². The standard InChI is InChI=1S/C35H35N3O2S/c1-4-7-9-22(5-2)21-41-35-37-33(36-34(38-35)29-19-16-26(40-6-3)20-30(29)39)28-18-15-25-13-12-23-10-8-11-24-14-17-27(28)32(25)31(23)24/h8,10-20,22,39H,4-7,9,21H2,1-3H3. The molecular formula is C35H35N3O2S. The number of phenols is 1. The molecule has 41 heavy (non-hydrogen) atoms. The van der Waals surface area contributed by atoms with Gasteiger partial charge < -0.3 is 9.84 Å². The summed E-state index contributed by atoms with van der Waals surface area (Å²) in [6.07, 6.45) is 4.77. The Labute approximate surface area is 245 Å². The van der Waals surface area contributed by atoms with Gasteiger partial charge in [0.05, 0.1) is 12.2 Å². The average molecular weight is 562 g/mol. The number of ether oxygens (including phenoxy) is 1. The van der Waals surface area contributed by atoms with Crippen molar-refractivity contribution >= 4 is 44.1 Å². The summed E-state index contributed by atoms with van der Waals surface area (Å²) in [6.45, 7) is 6.95. The predicted molar refractivity (Wildman–Crippen MR) is 171 cm³/mol. The van der Waals surface area contributed by atoms with Crippen LogP contribution in [0.2, 0.25) is 0 Å². The van der Waals surface area contributed by atoms with Crippen LogP contribution in [0.25, 0.3) is 55.1 Å². The lowest BCUT2D eigenvalue weighted by atomic mass is 9.92. The Morgan fingerprint density at radius 2 is 1.46 bits per heavy atom. The van der Waals surface area contributed by atoms with Crippen molar-refractivity contribution in [2.45, 2.75) is 51.6 Å². The third kappa shape index (κ3) is 5.41. The molecule has 6 heteroatoms. The van der Waals surface area contributed by atoms with E-state index in [-0.39, 0.29) is 5.75 Å². The molecule has 6 rings (SSSR count). The van der Waals surface area contributed by atoms with Crippen molar-refractivity contribution in [3.05, 3.63) is 72.8 Å². The monoisotopic (exact) mass is 561 g/mol. The summed E-state index contributed by atoms with van der Waals surface area (Å²) in [6, 6.07) is 24.8. The maximum atomic E-state index is 10.9. The molecule has 1 aromatic heterocycles. The highest BCUT2D eigenvalue weighted by atomic mass is 32.2. The second-order valence-corrected chi connectivity index (χ2v) is 11.6. The number of aromatic nitrogens is 3. The molecule has 0 spiro atoms. The van der Waals surface area contributed by atoms with Gasteiger partial charge in [0.25, 0.3) is 0 Å². The number of thioether (sulfide) groups is 1. The summed E-state index contributed by atoms with van der Waals surface area (Å²) < 4.78 is 5.59. The maximum Gasteiger partial charge on any atom is 0.191 e. The molecule has 1 N–H and O–H groups in total. The number of benzene rings is 5. The third-order valence-electron chi connectivity index (χ3n) is 7.90. The molecular weight excluding hydrogens is 526 g/mol. The summed E-state index contributed by atoms with van der Waals surface area (Å²) in [5, 5.41) is 18.9. The van der Waals surface area contributed by atoms with Crippen LogP contribution in [-0.2, 0) is 0 Å². The van der Waals surface area contributed by atoms with Gasteiger partial charge in [0, 0.05) is 17.4 Å². The van der Waals surface area contributed by atoms with Gasteiger partial charge in [-0.15, -0.1) is 0 Å². The van der Waals surface area contributed by atoms with Gasteiger partial charge in [0.15, 0.2) is 16.8 Å². The Morgan fingerprint density at radius 3 is 2.17 bits per heavy atom. The molecule has 0 aliphatic rings. The van der Waals surface area contributed by atoms with Gasteiger partial charge in [-0.1, -0.05) is 93.4 Å². The highest BCUT2D eigenvalue weighted by Crippen LogP contribution is 2.40. The molecule has 0 aliphatic carbocycles. The molecule has 0 amide bonds. The minimum Gasteiger partial charge on any atom is -0.507 e. The zero-order valence-corrected chi connectivity index (χ0v) is 24.7. The molecule has 1 heterocycles. The van der Waals surface area contributed by atoms with E-state index in [1.54, 1.807) is 17.8 Å². The van der Waals surface area contributed by atoms with Gasteiger partial charge in [-0.05, 0) is 69.8 Å². The summed E-state index contributed by atoms with van der Waals surface area (Å²) in [4.78, 5) is 14.8. The smallest absolute Gasteiger partial charge is 0.191 e. The Bertz CT molecular complexity index is 1800. The molecule has 6 aromatic rings. The minimum absolute atomic E-state index is 0.0915. The quantitative estimate of drug-likeness (QED) is 0.125. The van der Waals surface area contributed by atoms with Gasteiger partial charge in [0.1, 0.15) is 11.5 Å². The second kappa shape index (κ2) is 11.9. The molecule has 0 saturated heterocycles. The lowest BCUT2D eigenvalue weighted by molar-refractivity contribution is 0.338. The molecule has 5 nitrogen and oxygen atoms in total. The highest BCUT2D eigenvalue weighted by molar-refractivity contribution is 7.99. The normalized spacial score (nSPS) is 12.5. The topological polar surface area (TPSA) is 68.1 Å². The molecule has 0 aliphatic heterocycles. The summed E-state index contributed by atoms with van der Waals surface area (Å²) in [5.74, 6) is 3.35. The van der Waals surface area contributed by atoms with Crippen LogP contribution in [0.5, 0.6) is 11.5 Å². The van der Waals surface area contributed by atoms with E-state index in [2.05, 4.69) is 68.4 Å². The molecule has 0 radical (unpaired) electrons. The van der Waals surface area contributed by atoms with E-state index in [0.29, 0.717) is 40.6 Å². The average Bonchev–Trinajstić information content (AvgIpc) is 3.00. The SMILES string of the molecule is CCCCC(CC)CSc1nc(-c2ccc(OCC)cc2O)nc(-c2ccc3ccc4cccc5ccc2c3c45)n1. The first kappa shape index (κ1) is 27.3. The zero-order valence-electron chi connectivity index (χ0n) is 23.9. The van der Waals surface area contributed by atoms with Crippen LogP contribution in [0.4, 0.5) is 0 Å². The zero-order chi connectivity index (χ0) is 28.3. The van der Waals surface area contributed by atoms with Crippen molar-refractivity contribution in [2.24, 2.45) is 5.92 Å². The number of unbranched alkanes of at least 4 members (excludes halogenated alkanes) is 1. The summed E-state index contributed by atoms with van der Waals surface area (Å²) >= 11 is 1.68.